The monoisotopic (exact) mass is 404 g/mol. The van der Waals surface area contributed by atoms with Crippen molar-refractivity contribution in [2.24, 2.45) is 11.8 Å². The van der Waals surface area contributed by atoms with Crippen LogP contribution >= 0.6 is 25.3 Å². The zero-order valence-electron chi connectivity index (χ0n) is 10.4. The minimum Gasteiger partial charge on any atom is -0.369 e. The fourth-order valence-electron chi connectivity index (χ4n) is 0.303. The molecule has 0 rings (SSSR count). The summed E-state index contributed by atoms with van der Waals surface area (Å²) in [5.41, 5.74) is 0. The normalized spacial score (nSPS) is 14.6. The van der Waals surface area contributed by atoms with Crippen LogP contribution in [0.25, 0.3) is 0 Å². The van der Waals surface area contributed by atoms with Gasteiger partial charge >= 0.3 is 86.3 Å². The Morgan fingerprint density at radius 2 is 1.73 bits per heavy atom. The topological polar surface area (TPSA) is 0 Å². The molecule has 0 heterocycles. The molecular formula is C11H23CrCsS2. The molecule has 0 saturated heterocycles. The average Bonchev–Trinajstić information content (AvgIpc) is 2.16. The first kappa shape index (κ1) is 26.8. The molecule has 0 N–H and O–H groups in total. The van der Waals surface area contributed by atoms with E-state index in [1.54, 1.807) is 5.75 Å². The standard InChI is InChI=1S/C6H13.C5H10S2.Cr.Cs/c1-4-6(3)5-2;1-4(3-6)5(2)7;;/h6H,1,4-5H2,2-3H3;3-7H,2H2,1H3;;/q-1;-2;+2;+1. The number of rotatable bonds is 4. The molecule has 0 aromatic heterocycles. The summed E-state index contributed by atoms with van der Waals surface area (Å²) in [6, 6.07) is 0. The van der Waals surface area contributed by atoms with E-state index in [1.807, 2.05) is 6.92 Å². The first-order valence-corrected chi connectivity index (χ1v) is 5.80. The summed E-state index contributed by atoms with van der Waals surface area (Å²) < 4.78 is 0. The quantitative estimate of drug-likeness (QED) is 0.509. The van der Waals surface area contributed by atoms with Gasteiger partial charge < -0.3 is 26.5 Å². The van der Waals surface area contributed by atoms with Gasteiger partial charge in [-0.2, -0.15) is 12.3 Å². The maximum atomic E-state index is 4.08. The van der Waals surface area contributed by atoms with Gasteiger partial charge in [0.15, 0.2) is 0 Å². The Balaban J connectivity index is -0.0000000718. The summed E-state index contributed by atoms with van der Waals surface area (Å²) in [4.78, 5) is 0. The molecule has 15 heavy (non-hydrogen) atoms. The van der Waals surface area contributed by atoms with Gasteiger partial charge in [0.25, 0.3) is 0 Å². The van der Waals surface area contributed by atoms with Crippen molar-refractivity contribution in [1.29, 1.82) is 0 Å². The zero-order valence-corrected chi connectivity index (χ0v) is 19.8. The summed E-state index contributed by atoms with van der Waals surface area (Å²) in [6.45, 7) is 13.9. The Labute approximate surface area is 178 Å². The second-order valence-corrected chi connectivity index (χ2v) is 4.34. The summed E-state index contributed by atoms with van der Waals surface area (Å²) in [6.07, 6.45) is 2.35. The first-order chi connectivity index (χ1) is 5.99. The van der Waals surface area contributed by atoms with E-state index in [1.165, 1.54) is 6.42 Å². The molecule has 4 heteroatoms. The number of hydrogen-bond acceptors (Lipinski definition) is 2. The molecule has 0 fully saturated rings. The second kappa shape index (κ2) is 19.6. The van der Waals surface area contributed by atoms with Crippen LogP contribution in [0, 0.1) is 31.4 Å². The Kier molecular flexibility index (Phi) is 35.0. The van der Waals surface area contributed by atoms with Gasteiger partial charge in [0.1, 0.15) is 0 Å². The zero-order chi connectivity index (χ0) is 10.9. The molecule has 0 aliphatic heterocycles. The molecule has 0 bridgehead atoms. The summed E-state index contributed by atoms with van der Waals surface area (Å²) in [5, 5.41) is 0.178. The molecule has 0 radical (unpaired) electrons. The van der Waals surface area contributed by atoms with Crippen LogP contribution in [0.15, 0.2) is 0 Å². The van der Waals surface area contributed by atoms with Crippen LogP contribution in [-0.4, -0.2) is 5.25 Å². The van der Waals surface area contributed by atoms with Gasteiger partial charge in [0.2, 0.25) is 0 Å². The smallest absolute Gasteiger partial charge is 0.369 e. The summed E-state index contributed by atoms with van der Waals surface area (Å²) >= 11 is 8.02. The van der Waals surface area contributed by atoms with Crippen LogP contribution in [0.3, 0.4) is 0 Å². The van der Waals surface area contributed by atoms with Gasteiger partial charge in [-0.1, -0.05) is 33.1 Å². The van der Waals surface area contributed by atoms with Gasteiger partial charge in [-0.3, -0.25) is 5.75 Å². The van der Waals surface area contributed by atoms with Crippen LogP contribution in [0.2, 0.25) is 0 Å². The maximum Gasteiger partial charge on any atom is 2.00 e. The average molecular weight is 404 g/mol. The molecular weight excluding hydrogens is 381 g/mol. The Hall–Kier alpha value is 3.28. The number of hydrogen-bond donors (Lipinski definition) is 2. The van der Waals surface area contributed by atoms with E-state index < -0.39 is 0 Å². The molecule has 0 aromatic carbocycles. The number of thiol groups is 2. The molecule has 0 saturated carbocycles. The Morgan fingerprint density at radius 3 is 1.73 bits per heavy atom. The van der Waals surface area contributed by atoms with E-state index in [0.717, 1.165) is 12.3 Å². The SMILES string of the molecule is [CH2-]C(S)C(C)[CH-]S.[CH2-]CC(C)CC.[Cr+2].[Cs+]. The van der Waals surface area contributed by atoms with E-state index in [2.05, 4.69) is 53.0 Å². The van der Waals surface area contributed by atoms with Crippen molar-refractivity contribution >= 4 is 25.3 Å². The van der Waals surface area contributed by atoms with Crippen LogP contribution in [-0.2, 0) is 17.4 Å². The van der Waals surface area contributed by atoms with Crippen LogP contribution in [0.1, 0.15) is 33.6 Å². The van der Waals surface area contributed by atoms with Gasteiger partial charge in [0, 0.05) is 0 Å². The van der Waals surface area contributed by atoms with Gasteiger partial charge in [0.05, 0.1) is 0 Å². The third kappa shape index (κ3) is 22.9. The molecule has 86 valence electrons. The molecule has 0 aliphatic carbocycles. The second-order valence-electron chi connectivity index (χ2n) is 3.38. The largest absolute Gasteiger partial charge is 2.00 e. The van der Waals surface area contributed by atoms with Crippen LogP contribution in [0.5, 0.6) is 0 Å². The molecule has 0 amide bonds. The Bertz CT molecular complexity index is 98.6. The van der Waals surface area contributed by atoms with Crippen molar-refractivity contribution in [3.05, 3.63) is 19.6 Å². The predicted molar refractivity (Wildman–Crippen MR) is 70.0 cm³/mol. The maximum absolute atomic E-state index is 4.08. The minimum absolute atomic E-state index is 0. The molecule has 0 nitrogen and oxygen atoms in total. The van der Waals surface area contributed by atoms with E-state index in [0.29, 0.717) is 5.92 Å². The summed E-state index contributed by atoms with van der Waals surface area (Å²) in [5.74, 6) is 3.02. The third-order valence-electron chi connectivity index (χ3n) is 2.03. The minimum atomic E-state index is 0. The van der Waals surface area contributed by atoms with Crippen molar-refractivity contribution in [3.8, 4) is 0 Å². The van der Waals surface area contributed by atoms with Crippen molar-refractivity contribution in [3.63, 3.8) is 0 Å². The molecule has 0 aromatic rings. The molecule has 0 aliphatic rings. The van der Waals surface area contributed by atoms with Gasteiger partial charge in [-0.15, -0.1) is 5.25 Å². The van der Waals surface area contributed by atoms with E-state index in [-0.39, 0.29) is 91.5 Å². The van der Waals surface area contributed by atoms with Crippen molar-refractivity contribution in [2.75, 3.05) is 0 Å². The Morgan fingerprint density at radius 1 is 1.33 bits per heavy atom. The fraction of sp³-hybridized carbons (Fsp3) is 0.727. The third-order valence-corrected chi connectivity index (χ3v) is 2.97. The molecule has 3 unspecified atom stereocenters. The van der Waals surface area contributed by atoms with Gasteiger partial charge in [-0.05, 0) is 0 Å². The van der Waals surface area contributed by atoms with E-state index in [4.69, 9.17) is 0 Å². The van der Waals surface area contributed by atoms with Crippen LogP contribution < -0.4 is 68.9 Å². The summed E-state index contributed by atoms with van der Waals surface area (Å²) in [7, 11) is 0. The van der Waals surface area contributed by atoms with Crippen molar-refractivity contribution in [2.45, 2.75) is 38.9 Å². The van der Waals surface area contributed by atoms with E-state index in [9.17, 15) is 0 Å². The van der Waals surface area contributed by atoms with Gasteiger partial charge in [-0.25, -0.2) is 12.6 Å². The molecule has 3 atom stereocenters. The predicted octanol–water partition coefficient (Wildman–Crippen LogP) is 1.10. The first-order valence-electron chi connectivity index (χ1n) is 4.77. The van der Waals surface area contributed by atoms with E-state index >= 15 is 0 Å². The fourth-order valence-corrected chi connectivity index (χ4v) is 0.733. The van der Waals surface area contributed by atoms with Crippen molar-refractivity contribution < 1.29 is 86.3 Å². The van der Waals surface area contributed by atoms with Crippen LogP contribution in [0.4, 0.5) is 0 Å². The molecule has 0 spiro atoms. The van der Waals surface area contributed by atoms with Crippen molar-refractivity contribution in [1.82, 2.24) is 0 Å².